The third-order valence-electron chi connectivity index (χ3n) is 6.00. The smallest absolute Gasteiger partial charge is 0.253 e. The Morgan fingerprint density at radius 1 is 1.03 bits per heavy atom. The summed E-state index contributed by atoms with van der Waals surface area (Å²) in [5.74, 6) is 0.920. The van der Waals surface area contributed by atoms with Crippen LogP contribution in [0.3, 0.4) is 0 Å². The number of hydrogen-bond acceptors (Lipinski definition) is 2. The van der Waals surface area contributed by atoms with Crippen molar-refractivity contribution in [3.63, 3.8) is 0 Å². The molecule has 3 aromatic carbocycles. The molecule has 0 unspecified atom stereocenters. The number of nitrogens with zero attached hydrogens (tertiary/aromatic N) is 1. The summed E-state index contributed by atoms with van der Waals surface area (Å²) in [4.78, 5) is 14.6. The Morgan fingerprint density at radius 3 is 2.48 bits per heavy atom. The first kappa shape index (κ1) is 20.0. The highest BCUT2D eigenvalue weighted by Crippen LogP contribution is 2.34. The van der Waals surface area contributed by atoms with Crippen LogP contribution in [-0.4, -0.2) is 23.0 Å². The van der Waals surface area contributed by atoms with Gasteiger partial charge in [-0.2, -0.15) is 0 Å². The van der Waals surface area contributed by atoms with Crippen molar-refractivity contribution in [2.75, 3.05) is 7.05 Å². The molecule has 29 heavy (non-hydrogen) atoms. The zero-order valence-electron chi connectivity index (χ0n) is 16.7. The largest absolute Gasteiger partial charge is 0.507 e. The van der Waals surface area contributed by atoms with Gasteiger partial charge in [0.15, 0.2) is 0 Å². The van der Waals surface area contributed by atoms with Gasteiger partial charge in [-0.3, -0.25) is 4.79 Å². The highest BCUT2D eigenvalue weighted by Gasteiger charge is 2.17. The molecule has 1 saturated carbocycles. The van der Waals surface area contributed by atoms with Crippen LogP contribution < -0.4 is 0 Å². The van der Waals surface area contributed by atoms with Crippen molar-refractivity contribution in [1.82, 2.24) is 4.90 Å². The van der Waals surface area contributed by atoms with Gasteiger partial charge in [0.05, 0.1) is 4.47 Å². The minimum atomic E-state index is 0.0344. The topological polar surface area (TPSA) is 40.5 Å². The van der Waals surface area contributed by atoms with Gasteiger partial charge in [0, 0.05) is 19.2 Å². The molecular weight excluding hydrogens is 426 g/mol. The molecule has 0 heterocycles. The van der Waals surface area contributed by atoms with Crippen molar-refractivity contribution in [2.45, 2.75) is 44.6 Å². The number of amides is 1. The van der Waals surface area contributed by atoms with Gasteiger partial charge in [-0.1, -0.05) is 49.6 Å². The average molecular weight is 452 g/mol. The summed E-state index contributed by atoms with van der Waals surface area (Å²) in [5, 5.41) is 11.8. The molecule has 3 aromatic rings. The molecule has 0 spiro atoms. The van der Waals surface area contributed by atoms with Crippen LogP contribution >= 0.6 is 15.9 Å². The van der Waals surface area contributed by atoms with E-state index in [0.29, 0.717) is 16.9 Å². The number of carbonyl (C=O) groups excluding carboxylic acids is 1. The van der Waals surface area contributed by atoms with Crippen molar-refractivity contribution in [1.29, 1.82) is 0 Å². The van der Waals surface area contributed by atoms with Crippen LogP contribution in [0, 0.1) is 0 Å². The highest BCUT2D eigenvalue weighted by molar-refractivity contribution is 9.10. The number of aromatic hydroxyl groups is 1. The summed E-state index contributed by atoms with van der Waals surface area (Å²) in [6.07, 6.45) is 6.52. The van der Waals surface area contributed by atoms with Crippen LogP contribution in [0.5, 0.6) is 5.75 Å². The number of fused-ring (bicyclic) bond motifs is 1. The van der Waals surface area contributed by atoms with E-state index in [1.165, 1.54) is 37.7 Å². The minimum absolute atomic E-state index is 0.0344. The second kappa shape index (κ2) is 8.58. The zero-order chi connectivity index (χ0) is 20.4. The molecule has 0 saturated heterocycles. The van der Waals surface area contributed by atoms with Gasteiger partial charge in [-0.25, -0.2) is 0 Å². The van der Waals surface area contributed by atoms with Crippen molar-refractivity contribution < 1.29 is 9.90 Å². The lowest BCUT2D eigenvalue weighted by Gasteiger charge is -2.22. The second-order valence-corrected chi connectivity index (χ2v) is 8.87. The minimum Gasteiger partial charge on any atom is -0.507 e. The summed E-state index contributed by atoms with van der Waals surface area (Å²) in [6, 6.07) is 17.8. The summed E-state index contributed by atoms with van der Waals surface area (Å²) in [7, 11) is 1.84. The van der Waals surface area contributed by atoms with E-state index < -0.39 is 0 Å². The number of benzene rings is 3. The Balaban J connectivity index is 1.46. The van der Waals surface area contributed by atoms with Gasteiger partial charge >= 0.3 is 0 Å². The van der Waals surface area contributed by atoms with Crippen LogP contribution in [0.2, 0.25) is 0 Å². The number of halogens is 1. The normalized spacial score (nSPS) is 14.8. The van der Waals surface area contributed by atoms with E-state index in [9.17, 15) is 9.90 Å². The maximum Gasteiger partial charge on any atom is 0.253 e. The van der Waals surface area contributed by atoms with Gasteiger partial charge < -0.3 is 10.0 Å². The molecule has 1 amide bonds. The summed E-state index contributed by atoms with van der Waals surface area (Å²) in [6.45, 7) is 0.539. The number of hydrogen-bond donors (Lipinski definition) is 1. The molecule has 0 radical (unpaired) electrons. The predicted molar refractivity (Wildman–Crippen MR) is 121 cm³/mol. The number of phenols is 1. The maximum atomic E-state index is 12.9. The number of phenolic OH excluding ortho intramolecular Hbond substituents is 1. The Hall–Kier alpha value is -2.33. The highest BCUT2D eigenvalue weighted by atomic mass is 79.9. The van der Waals surface area contributed by atoms with Crippen LogP contribution in [-0.2, 0) is 6.54 Å². The van der Waals surface area contributed by atoms with Crippen molar-refractivity contribution in [3.05, 3.63) is 75.8 Å². The second-order valence-electron chi connectivity index (χ2n) is 8.07. The van der Waals surface area contributed by atoms with E-state index in [2.05, 4.69) is 34.1 Å². The van der Waals surface area contributed by atoms with E-state index in [1.54, 1.807) is 11.0 Å². The Bertz CT molecular complexity index is 1020. The number of carbonyl (C=O) groups is 1. The van der Waals surface area contributed by atoms with E-state index in [0.717, 1.165) is 21.9 Å². The fourth-order valence-corrected chi connectivity index (χ4v) is 4.82. The Kier molecular flexibility index (Phi) is 5.91. The lowest BCUT2D eigenvalue weighted by molar-refractivity contribution is 0.0785. The summed E-state index contributed by atoms with van der Waals surface area (Å²) in [5.41, 5.74) is 3.16. The first-order valence-electron chi connectivity index (χ1n) is 10.3. The fraction of sp³-hybridized carbons (Fsp3) is 0.320. The molecule has 3 nitrogen and oxygen atoms in total. The van der Waals surface area contributed by atoms with Crippen LogP contribution in [0.15, 0.2) is 59.1 Å². The lowest BCUT2D eigenvalue weighted by Crippen LogP contribution is -2.26. The van der Waals surface area contributed by atoms with Crippen molar-refractivity contribution in [2.24, 2.45) is 0 Å². The van der Waals surface area contributed by atoms with Gasteiger partial charge in [-0.15, -0.1) is 0 Å². The van der Waals surface area contributed by atoms with Crippen LogP contribution in [0.25, 0.3) is 10.8 Å². The third-order valence-corrected chi connectivity index (χ3v) is 6.83. The third kappa shape index (κ3) is 4.32. The van der Waals surface area contributed by atoms with Crippen molar-refractivity contribution >= 4 is 32.6 Å². The first-order chi connectivity index (χ1) is 14.0. The molecule has 0 aliphatic heterocycles. The predicted octanol–water partition coefficient (Wildman–Crippen LogP) is 6.63. The first-order valence-corrected chi connectivity index (χ1v) is 11.1. The molecule has 0 aromatic heterocycles. The lowest BCUT2D eigenvalue weighted by atomic mass is 9.84. The van der Waals surface area contributed by atoms with E-state index in [1.807, 2.05) is 37.4 Å². The monoisotopic (exact) mass is 451 g/mol. The standard InChI is InChI=1S/C25H26BrNO2/c1-27(16-17-7-13-22-21(15-17)12-14-23(28)24(22)26)25(29)20-10-8-19(9-11-20)18-5-3-2-4-6-18/h7-15,18,28H,2-6,16H2,1H3. The SMILES string of the molecule is CN(Cc1ccc2c(Br)c(O)ccc2c1)C(=O)c1ccc(C2CCCCC2)cc1. The molecule has 4 heteroatoms. The molecular formula is C25H26BrNO2. The molecule has 0 bridgehead atoms. The van der Waals surface area contributed by atoms with Gasteiger partial charge in [0.1, 0.15) is 5.75 Å². The van der Waals surface area contributed by atoms with Crippen LogP contribution in [0.4, 0.5) is 0 Å². The quantitative estimate of drug-likeness (QED) is 0.483. The Labute approximate surface area is 180 Å². The van der Waals surface area contributed by atoms with E-state index >= 15 is 0 Å². The van der Waals surface area contributed by atoms with E-state index in [4.69, 9.17) is 0 Å². The Morgan fingerprint density at radius 2 is 1.76 bits per heavy atom. The number of rotatable bonds is 4. The zero-order valence-corrected chi connectivity index (χ0v) is 18.3. The molecule has 1 fully saturated rings. The molecule has 150 valence electrons. The summed E-state index contributed by atoms with van der Waals surface area (Å²) < 4.78 is 0.698. The molecule has 1 aliphatic rings. The molecule has 4 rings (SSSR count). The summed E-state index contributed by atoms with van der Waals surface area (Å²) >= 11 is 3.43. The van der Waals surface area contributed by atoms with E-state index in [-0.39, 0.29) is 11.7 Å². The van der Waals surface area contributed by atoms with Crippen molar-refractivity contribution in [3.8, 4) is 5.75 Å². The average Bonchev–Trinajstić information content (AvgIpc) is 2.76. The van der Waals surface area contributed by atoms with Gasteiger partial charge in [0.25, 0.3) is 5.91 Å². The van der Waals surface area contributed by atoms with Gasteiger partial charge in [0.2, 0.25) is 0 Å². The molecule has 1 N–H and O–H groups in total. The molecule has 1 aliphatic carbocycles. The fourth-order valence-electron chi connectivity index (χ4n) is 4.33. The molecule has 0 atom stereocenters. The van der Waals surface area contributed by atoms with Gasteiger partial charge in [-0.05, 0) is 80.9 Å². The van der Waals surface area contributed by atoms with Crippen LogP contribution in [0.1, 0.15) is 59.5 Å². The maximum absolute atomic E-state index is 12.9.